The first kappa shape index (κ1) is 10.4. The van der Waals surface area contributed by atoms with Crippen molar-refractivity contribution in [2.45, 2.75) is 39.2 Å². The number of carbonyl (C=O) groups is 1. The van der Waals surface area contributed by atoms with E-state index in [4.69, 9.17) is 4.74 Å². The fraction of sp³-hybridized carbons (Fsp3) is 0.900. The van der Waals surface area contributed by atoms with E-state index in [2.05, 4.69) is 20.8 Å². The fourth-order valence-electron chi connectivity index (χ4n) is 1.41. The molecule has 0 aliphatic carbocycles. The molecule has 1 amide bonds. The average molecular weight is 185 g/mol. The van der Waals surface area contributed by atoms with E-state index in [-0.39, 0.29) is 11.6 Å². The summed E-state index contributed by atoms with van der Waals surface area (Å²) in [6, 6.07) is 0. The number of hydrogen-bond donors (Lipinski definition) is 0. The minimum atomic E-state index is -0.198. The first-order valence-corrected chi connectivity index (χ1v) is 4.84. The van der Waals surface area contributed by atoms with Gasteiger partial charge in [0.05, 0.1) is 6.61 Å². The molecule has 1 fully saturated rings. The van der Waals surface area contributed by atoms with Gasteiger partial charge < -0.3 is 9.64 Å². The maximum atomic E-state index is 11.4. The summed E-state index contributed by atoms with van der Waals surface area (Å²) in [5.74, 6) is 0.483. The van der Waals surface area contributed by atoms with Crippen molar-refractivity contribution in [3.05, 3.63) is 0 Å². The largest absolute Gasteiger partial charge is 0.449 e. The first-order valence-electron chi connectivity index (χ1n) is 4.84. The summed E-state index contributed by atoms with van der Waals surface area (Å²) in [6.07, 6.45) is 1.96. The standard InChI is InChI=1S/C10H19NO2/c1-8-5-6-10(2,3)11(4)9(12)13-7-8/h8H,5-7H2,1-4H3. The minimum Gasteiger partial charge on any atom is -0.449 e. The van der Waals surface area contributed by atoms with Gasteiger partial charge in [0.2, 0.25) is 0 Å². The molecule has 1 rings (SSSR count). The lowest BCUT2D eigenvalue weighted by Gasteiger charge is -2.37. The Kier molecular flexibility index (Phi) is 2.84. The molecule has 3 heteroatoms. The third-order valence-corrected chi connectivity index (χ3v) is 2.92. The lowest BCUT2D eigenvalue weighted by atomic mass is 9.92. The highest BCUT2D eigenvalue weighted by molar-refractivity contribution is 5.68. The Labute approximate surface area is 80.1 Å². The summed E-state index contributed by atoms with van der Waals surface area (Å²) in [7, 11) is 1.80. The Balaban J connectivity index is 2.71. The normalized spacial score (nSPS) is 29.1. The van der Waals surface area contributed by atoms with Gasteiger partial charge in [-0.1, -0.05) is 6.92 Å². The fourth-order valence-corrected chi connectivity index (χ4v) is 1.41. The zero-order valence-electron chi connectivity index (χ0n) is 8.96. The lowest BCUT2D eigenvalue weighted by Crippen LogP contribution is -2.47. The number of nitrogens with zero attached hydrogens (tertiary/aromatic N) is 1. The van der Waals surface area contributed by atoms with Gasteiger partial charge in [-0.15, -0.1) is 0 Å². The van der Waals surface area contributed by atoms with E-state index in [1.807, 2.05) is 0 Å². The third-order valence-electron chi connectivity index (χ3n) is 2.92. The van der Waals surface area contributed by atoms with Crippen LogP contribution >= 0.6 is 0 Å². The Bertz CT molecular complexity index is 201. The topological polar surface area (TPSA) is 29.5 Å². The van der Waals surface area contributed by atoms with E-state index in [0.29, 0.717) is 12.5 Å². The molecule has 13 heavy (non-hydrogen) atoms. The predicted octanol–water partition coefficient (Wildman–Crippen LogP) is 2.26. The second-order valence-corrected chi connectivity index (χ2v) is 4.59. The summed E-state index contributed by atoms with van der Waals surface area (Å²) in [6.45, 7) is 6.83. The number of hydrogen-bond acceptors (Lipinski definition) is 2. The molecule has 3 nitrogen and oxygen atoms in total. The summed E-state index contributed by atoms with van der Waals surface area (Å²) in [5, 5.41) is 0. The maximum Gasteiger partial charge on any atom is 0.409 e. The molecule has 0 aromatic heterocycles. The molecule has 0 N–H and O–H groups in total. The molecule has 0 saturated carbocycles. The van der Waals surface area contributed by atoms with Gasteiger partial charge >= 0.3 is 6.09 Å². The van der Waals surface area contributed by atoms with Gasteiger partial charge in [-0.2, -0.15) is 0 Å². The summed E-state index contributed by atoms with van der Waals surface area (Å²) >= 11 is 0. The molecule has 1 heterocycles. The van der Waals surface area contributed by atoms with Crippen LogP contribution in [0.4, 0.5) is 4.79 Å². The molecule has 1 aliphatic rings. The van der Waals surface area contributed by atoms with E-state index in [0.717, 1.165) is 12.8 Å². The molecule has 76 valence electrons. The van der Waals surface area contributed by atoms with Gasteiger partial charge in [0.15, 0.2) is 0 Å². The van der Waals surface area contributed by atoms with Gasteiger partial charge in [-0.25, -0.2) is 4.79 Å². The zero-order chi connectivity index (χ0) is 10.1. The van der Waals surface area contributed by atoms with Crippen LogP contribution < -0.4 is 0 Å². The second kappa shape index (κ2) is 3.56. The van der Waals surface area contributed by atoms with E-state index in [9.17, 15) is 4.79 Å². The van der Waals surface area contributed by atoms with Crippen molar-refractivity contribution in [2.24, 2.45) is 5.92 Å². The van der Waals surface area contributed by atoms with E-state index < -0.39 is 0 Å². The molecular formula is C10H19NO2. The number of cyclic esters (lactones) is 1. The van der Waals surface area contributed by atoms with Crippen molar-refractivity contribution < 1.29 is 9.53 Å². The van der Waals surface area contributed by atoms with Crippen LogP contribution in [0.1, 0.15) is 33.6 Å². The molecule has 0 spiro atoms. The van der Waals surface area contributed by atoms with Crippen LogP contribution in [0, 0.1) is 5.92 Å². The van der Waals surface area contributed by atoms with Crippen molar-refractivity contribution in [2.75, 3.05) is 13.7 Å². The van der Waals surface area contributed by atoms with Crippen LogP contribution in [-0.4, -0.2) is 30.2 Å². The van der Waals surface area contributed by atoms with Crippen molar-refractivity contribution >= 4 is 6.09 Å². The zero-order valence-corrected chi connectivity index (χ0v) is 8.96. The van der Waals surface area contributed by atoms with Gasteiger partial charge in [0, 0.05) is 12.6 Å². The van der Waals surface area contributed by atoms with Crippen LogP contribution in [0.2, 0.25) is 0 Å². The third kappa shape index (κ3) is 2.36. The van der Waals surface area contributed by atoms with Gasteiger partial charge in [-0.3, -0.25) is 0 Å². The monoisotopic (exact) mass is 185 g/mol. The Hall–Kier alpha value is -0.730. The summed E-state index contributed by atoms with van der Waals surface area (Å²) in [4.78, 5) is 13.1. The highest BCUT2D eigenvalue weighted by atomic mass is 16.6. The SMILES string of the molecule is CC1CCC(C)(C)N(C)C(=O)OC1. The van der Waals surface area contributed by atoms with Crippen molar-refractivity contribution in [3.8, 4) is 0 Å². The van der Waals surface area contributed by atoms with Crippen molar-refractivity contribution in [1.82, 2.24) is 4.90 Å². The van der Waals surface area contributed by atoms with Crippen LogP contribution in [0.15, 0.2) is 0 Å². The minimum absolute atomic E-state index is 0.0776. The maximum absolute atomic E-state index is 11.4. The molecule has 1 atom stereocenters. The molecular weight excluding hydrogens is 166 g/mol. The van der Waals surface area contributed by atoms with E-state index in [1.165, 1.54) is 0 Å². The lowest BCUT2D eigenvalue weighted by molar-refractivity contribution is 0.0426. The molecule has 0 radical (unpaired) electrons. The molecule has 1 unspecified atom stereocenters. The number of ether oxygens (including phenoxy) is 1. The first-order chi connectivity index (χ1) is 5.93. The van der Waals surface area contributed by atoms with Gasteiger partial charge in [0.1, 0.15) is 0 Å². The average Bonchev–Trinajstić information content (AvgIpc) is 2.08. The molecule has 0 aromatic carbocycles. The van der Waals surface area contributed by atoms with Gasteiger partial charge in [-0.05, 0) is 32.6 Å². The van der Waals surface area contributed by atoms with Crippen molar-refractivity contribution in [1.29, 1.82) is 0 Å². The smallest absolute Gasteiger partial charge is 0.409 e. The molecule has 0 aromatic rings. The predicted molar refractivity (Wildman–Crippen MR) is 51.6 cm³/mol. The van der Waals surface area contributed by atoms with Crippen LogP contribution in [0.5, 0.6) is 0 Å². The van der Waals surface area contributed by atoms with Crippen LogP contribution in [-0.2, 0) is 4.74 Å². The number of carbonyl (C=O) groups excluding carboxylic acids is 1. The van der Waals surface area contributed by atoms with Gasteiger partial charge in [0.25, 0.3) is 0 Å². The Morgan fingerprint density at radius 2 is 2.15 bits per heavy atom. The molecule has 1 saturated heterocycles. The summed E-state index contributed by atoms with van der Waals surface area (Å²) < 4.78 is 5.13. The highest BCUT2D eigenvalue weighted by Gasteiger charge is 2.31. The highest BCUT2D eigenvalue weighted by Crippen LogP contribution is 2.25. The molecule has 0 bridgehead atoms. The van der Waals surface area contributed by atoms with Crippen molar-refractivity contribution in [3.63, 3.8) is 0 Å². The van der Waals surface area contributed by atoms with Crippen LogP contribution in [0.25, 0.3) is 0 Å². The summed E-state index contributed by atoms with van der Waals surface area (Å²) in [5.41, 5.74) is -0.0776. The number of rotatable bonds is 0. The molecule has 1 aliphatic heterocycles. The van der Waals surface area contributed by atoms with E-state index >= 15 is 0 Å². The number of amides is 1. The Morgan fingerprint density at radius 3 is 2.77 bits per heavy atom. The second-order valence-electron chi connectivity index (χ2n) is 4.59. The Morgan fingerprint density at radius 1 is 1.54 bits per heavy atom. The van der Waals surface area contributed by atoms with E-state index in [1.54, 1.807) is 11.9 Å². The quantitative estimate of drug-likeness (QED) is 0.579. The van der Waals surface area contributed by atoms with Crippen LogP contribution in [0.3, 0.4) is 0 Å².